The van der Waals surface area contributed by atoms with Crippen LogP contribution < -0.4 is 5.56 Å². The minimum Gasteiger partial charge on any atom is -0.480 e. The summed E-state index contributed by atoms with van der Waals surface area (Å²) in [4.78, 5) is 25.8. The SMILES string of the molecule is Cc1cc(CCN2CC(F)C2)nn(C(CC(C)C)C(=O)O)c1=O. The summed E-state index contributed by atoms with van der Waals surface area (Å²) in [7, 11) is 0. The zero-order valence-electron chi connectivity index (χ0n) is 13.8. The van der Waals surface area contributed by atoms with E-state index in [0.29, 0.717) is 43.7 Å². The molecule has 6 nitrogen and oxygen atoms in total. The average molecular weight is 325 g/mol. The average Bonchev–Trinajstić information content (AvgIpc) is 2.43. The van der Waals surface area contributed by atoms with Gasteiger partial charge in [0.1, 0.15) is 6.17 Å². The Balaban J connectivity index is 2.20. The van der Waals surface area contributed by atoms with E-state index in [-0.39, 0.29) is 11.5 Å². The Morgan fingerprint density at radius 3 is 2.65 bits per heavy atom. The number of likely N-dealkylation sites (tertiary alicyclic amines) is 1. The lowest BCUT2D eigenvalue weighted by Crippen LogP contribution is -2.49. The number of halogens is 1. The summed E-state index contributed by atoms with van der Waals surface area (Å²) < 4.78 is 13.9. The highest BCUT2D eigenvalue weighted by Crippen LogP contribution is 2.16. The molecule has 1 aromatic heterocycles. The van der Waals surface area contributed by atoms with Crippen molar-refractivity contribution in [3.63, 3.8) is 0 Å². The number of aliphatic carboxylic acids is 1. The molecule has 1 unspecified atom stereocenters. The fourth-order valence-corrected chi connectivity index (χ4v) is 2.75. The van der Waals surface area contributed by atoms with E-state index in [1.165, 1.54) is 0 Å². The van der Waals surface area contributed by atoms with Crippen LogP contribution >= 0.6 is 0 Å². The first-order chi connectivity index (χ1) is 10.8. The smallest absolute Gasteiger partial charge is 0.328 e. The van der Waals surface area contributed by atoms with Crippen LogP contribution in [0, 0.1) is 12.8 Å². The second kappa shape index (κ2) is 7.21. The molecule has 1 aromatic rings. The maximum atomic E-state index is 12.8. The van der Waals surface area contributed by atoms with E-state index >= 15 is 0 Å². The second-order valence-corrected chi connectivity index (χ2v) is 6.66. The number of carboxylic acids is 1. The van der Waals surface area contributed by atoms with Gasteiger partial charge in [-0.25, -0.2) is 13.9 Å². The van der Waals surface area contributed by atoms with E-state index in [2.05, 4.69) is 5.10 Å². The standard InChI is InChI=1S/C16H24FN3O3/c1-10(2)6-14(16(22)23)20-15(21)11(3)7-13(18-20)4-5-19-8-12(17)9-19/h7,10,12,14H,4-6,8-9H2,1-3H3,(H,22,23). The van der Waals surface area contributed by atoms with Crippen molar-refractivity contribution < 1.29 is 14.3 Å². The molecule has 0 amide bonds. The van der Waals surface area contributed by atoms with Gasteiger partial charge < -0.3 is 5.11 Å². The Morgan fingerprint density at radius 2 is 2.13 bits per heavy atom. The molecule has 23 heavy (non-hydrogen) atoms. The van der Waals surface area contributed by atoms with Gasteiger partial charge in [0.25, 0.3) is 5.56 Å². The quantitative estimate of drug-likeness (QED) is 0.820. The van der Waals surface area contributed by atoms with E-state index < -0.39 is 18.2 Å². The van der Waals surface area contributed by atoms with E-state index in [1.807, 2.05) is 18.7 Å². The first kappa shape index (κ1) is 17.6. The third kappa shape index (κ3) is 4.37. The summed E-state index contributed by atoms with van der Waals surface area (Å²) >= 11 is 0. The van der Waals surface area contributed by atoms with Crippen molar-refractivity contribution in [1.29, 1.82) is 0 Å². The number of alkyl halides is 1. The second-order valence-electron chi connectivity index (χ2n) is 6.66. The van der Waals surface area contributed by atoms with Crippen molar-refractivity contribution >= 4 is 5.97 Å². The number of nitrogens with zero attached hydrogens (tertiary/aromatic N) is 3. The number of hydrogen-bond donors (Lipinski definition) is 1. The Kier molecular flexibility index (Phi) is 5.51. The summed E-state index contributed by atoms with van der Waals surface area (Å²) in [5.74, 6) is -0.913. The van der Waals surface area contributed by atoms with Gasteiger partial charge in [-0.3, -0.25) is 9.69 Å². The highest BCUT2D eigenvalue weighted by molar-refractivity contribution is 5.71. The number of aryl methyl sites for hydroxylation is 1. The monoisotopic (exact) mass is 325 g/mol. The lowest BCUT2D eigenvalue weighted by atomic mass is 10.0. The van der Waals surface area contributed by atoms with Crippen molar-refractivity contribution in [2.75, 3.05) is 19.6 Å². The van der Waals surface area contributed by atoms with Gasteiger partial charge >= 0.3 is 5.97 Å². The van der Waals surface area contributed by atoms with Gasteiger partial charge in [0, 0.05) is 31.6 Å². The fraction of sp³-hybridized carbons (Fsp3) is 0.688. The van der Waals surface area contributed by atoms with Gasteiger partial charge in [0.2, 0.25) is 0 Å². The zero-order chi connectivity index (χ0) is 17.1. The lowest BCUT2D eigenvalue weighted by Gasteiger charge is -2.34. The highest BCUT2D eigenvalue weighted by Gasteiger charge is 2.27. The lowest BCUT2D eigenvalue weighted by molar-refractivity contribution is -0.141. The molecule has 2 heterocycles. The number of aromatic nitrogens is 2. The van der Waals surface area contributed by atoms with Crippen molar-refractivity contribution in [1.82, 2.24) is 14.7 Å². The summed E-state index contributed by atoms with van der Waals surface area (Å²) in [6.07, 6.45) is 0.170. The molecule has 0 spiro atoms. The van der Waals surface area contributed by atoms with Gasteiger partial charge in [-0.05, 0) is 25.3 Å². The van der Waals surface area contributed by atoms with Crippen molar-refractivity contribution in [2.24, 2.45) is 5.92 Å². The van der Waals surface area contributed by atoms with Gasteiger partial charge in [0.05, 0.1) is 5.69 Å². The third-order valence-electron chi connectivity index (χ3n) is 4.04. The summed E-state index contributed by atoms with van der Waals surface area (Å²) in [5, 5.41) is 13.7. The Labute approximate surface area is 134 Å². The molecule has 0 bridgehead atoms. The van der Waals surface area contributed by atoms with Gasteiger partial charge in [0.15, 0.2) is 6.04 Å². The molecular formula is C16H24FN3O3. The maximum absolute atomic E-state index is 12.8. The topological polar surface area (TPSA) is 75.4 Å². The largest absolute Gasteiger partial charge is 0.480 e. The van der Waals surface area contributed by atoms with Gasteiger partial charge in [-0.15, -0.1) is 0 Å². The Hall–Kier alpha value is -1.76. The van der Waals surface area contributed by atoms with Crippen LogP contribution in [0.5, 0.6) is 0 Å². The summed E-state index contributed by atoms with van der Waals surface area (Å²) in [6, 6.07) is 0.736. The molecule has 1 saturated heterocycles. The molecule has 1 atom stereocenters. The molecule has 1 fully saturated rings. The van der Waals surface area contributed by atoms with Crippen LogP contribution in [-0.2, 0) is 11.2 Å². The van der Waals surface area contributed by atoms with Crippen LogP contribution in [0.15, 0.2) is 10.9 Å². The Morgan fingerprint density at radius 1 is 1.48 bits per heavy atom. The third-order valence-corrected chi connectivity index (χ3v) is 4.04. The maximum Gasteiger partial charge on any atom is 0.328 e. The van der Waals surface area contributed by atoms with Crippen LogP contribution in [-0.4, -0.2) is 51.6 Å². The van der Waals surface area contributed by atoms with Gasteiger partial charge in [-0.1, -0.05) is 13.8 Å². The van der Waals surface area contributed by atoms with Crippen molar-refractivity contribution in [3.05, 3.63) is 27.7 Å². The van der Waals surface area contributed by atoms with E-state index in [9.17, 15) is 19.1 Å². The molecule has 128 valence electrons. The molecule has 0 aliphatic carbocycles. The number of carbonyl (C=O) groups is 1. The molecule has 0 radical (unpaired) electrons. The van der Waals surface area contributed by atoms with E-state index in [0.717, 1.165) is 4.68 Å². The van der Waals surface area contributed by atoms with E-state index in [1.54, 1.807) is 13.0 Å². The van der Waals surface area contributed by atoms with Crippen LogP contribution in [0.3, 0.4) is 0 Å². The normalized spacial score (nSPS) is 17.3. The van der Waals surface area contributed by atoms with Crippen LogP contribution in [0.1, 0.15) is 37.6 Å². The molecule has 2 rings (SSSR count). The Bertz CT molecular complexity index is 623. The minimum absolute atomic E-state index is 0.135. The number of rotatable bonds is 7. The number of hydrogen-bond acceptors (Lipinski definition) is 4. The summed E-state index contributed by atoms with van der Waals surface area (Å²) in [6.45, 7) is 7.02. The number of carboxylic acid groups (broad SMARTS) is 1. The van der Waals surface area contributed by atoms with Crippen molar-refractivity contribution in [3.8, 4) is 0 Å². The highest BCUT2D eigenvalue weighted by atomic mass is 19.1. The molecule has 1 N–H and O–H groups in total. The predicted octanol–water partition coefficient (Wildman–Crippen LogP) is 1.42. The molecule has 7 heteroatoms. The molecule has 0 saturated carbocycles. The first-order valence-corrected chi connectivity index (χ1v) is 7.96. The molecular weight excluding hydrogens is 301 g/mol. The first-order valence-electron chi connectivity index (χ1n) is 7.96. The summed E-state index contributed by atoms with van der Waals surface area (Å²) in [5.41, 5.74) is 0.783. The van der Waals surface area contributed by atoms with Crippen LogP contribution in [0.2, 0.25) is 0 Å². The van der Waals surface area contributed by atoms with Gasteiger partial charge in [-0.2, -0.15) is 5.10 Å². The zero-order valence-corrected chi connectivity index (χ0v) is 13.8. The minimum atomic E-state index is -1.05. The predicted molar refractivity (Wildman–Crippen MR) is 84.4 cm³/mol. The van der Waals surface area contributed by atoms with Crippen molar-refractivity contribution in [2.45, 2.75) is 45.8 Å². The molecule has 0 aromatic carbocycles. The van der Waals surface area contributed by atoms with Crippen LogP contribution in [0.25, 0.3) is 0 Å². The molecule has 1 aliphatic rings. The van der Waals surface area contributed by atoms with Crippen LogP contribution in [0.4, 0.5) is 4.39 Å². The fourth-order valence-electron chi connectivity index (χ4n) is 2.75. The van der Waals surface area contributed by atoms with E-state index in [4.69, 9.17) is 0 Å². The molecule has 1 aliphatic heterocycles.